The molecule has 40 heavy (non-hydrogen) atoms. The molecule has 0 fully saturated rings. The zero-order chi connectivity index (χ0) is 28.0. The molecule has 10 heteroatoms. The summed E-state index contributed by atoms with van der Waals surface area (Å²) in [6.07, 6.45) is 0.398. The number of hydrogen-bond acceptors (Lipinski definition) is 7. The molecule has 4 aromatic rings. The van der Waals surface area contributed by atoms with Crippen molar-refractivity contribution in [2.24, 2.45) is 0 Å². The second-order valence-electron chi connectivity index (χ2n) is 9.76. The summed E-state index contributed by atoms with van der Waals surface area (Å²) in [6.45, 7) is 2.09. The fraction of sp³-hybridized carbons (Fsp3) is 0.267. The van der Waals surface area contributed by atoms with E-state index in [2.05, 4.69) is 0 Å². The number of halogens is 2. The van der Waals surface area contributed by atoms with Gasteiger partial charge in [0.15, 0.2) is 0 Å². The maximum absolute atomic E-state index is 13.6. The Kier molecular flexibility index (Phi) is 6.76. The normalized spacial score (nSPS) is 17.1. The van der Waals surface area contributed by atoms with Gasteiger partial charge >= 0.3 is 11.9 Å². The molecular formula is C30H24Cl2N2O6. The van der Waals surface area contributed by atoms with Crippen molar-refractivity contribution in [1.29, 1.82) is 0 Å². The van der Waals surface area contributed by atoms with Crippen LogP contribution in [0.15, 0.2) is 59.4 Å². The smallest absolute Gasteiger partial charge is 0.355 e. The zero-order valence-corrected chi connectivity index (χ0v) is 23.1. The number of rotatable bonds is 7. The van der Waals surface area contributed by atoms with Crippen molar-refractivity contribution in [2.45, 2.75) is 44.9 Å². The number of esters is 2. The first kappa shape index (κ1) is 26.3. The Morgan fingerprint density at radius 1 is 1.12 bits per heavy atom. The van der Waals surface area contributed by atoms with Crippen LogP contribution in [0.2, 0.25) is 10.0 Å². The Hall–Kier alpha value is -3.88. The minimum Gasteiger partial charge on any atom is -0.492 e. The van der Waals surface area contributed by atoms with Gasteiger partial charge in [-0.2, -0.15) is 0 Å². The quantitative estimate of drug-likeness (QED) is 0.178. The summed E-state index contributed by atoms with van der Waals surface area (Å²) in [5.74, 6) is -0.859. The lowest BCUT2D eigenvalue weighted by molar-refractivity contribution is -0.189. The summed E-state index contributed by atoms with van der Waals surface area (Å²) in [4.78, 5) is 44.6. The minimum absolute atomic E-state index is 0.0180. The summed E-state index contributed by atoms with van der Waals surface area (Å²) >= 11 is 12.0. The average molecular weight is 579 g/mol. The van der Waals surface area contributed by atoms with Gasteiger partial charge in [-0.3, -0.25) is 9.59 Å². The molecule has 2 aliphatic rings. The van der Waals surface area contributed by atoms with Crippen LogP contribution < -0.4 is 10.3 Å². The van der Waals surface area contributed by atoms with Gasteiger partial charge in [-0.1, -0.05) is 48.3 Å². The molecule has 0 N–H and O–H groups in total. The first-order valence-electron chi connectivity index (χ1n) is 12.9. The number of hydrogen-bond donors (Lipinski definition) is 0. The van der Waals surface area contributed by atoms with Crippen LogP contribution in [0, 0.1) is 0 Å². The average Bonchev–Trinajstić information content (AvgIpc) is 3.30. The van der Waals surface area contributed by atoms with Crippen molar-refractivity contribution in [3.63, 3.8) is 0 Å². The molecule has 0 aliphatic carbocycles. The molecule has 0 unspecified atom stereocenters. The highest BCUT2D eigenvalue weighted by Gasteiger charge is 2.50. The van der Waals surface area contributed by atoms with Crippen molar-refractivity contribution in [1.82, 2.24) is 9.55 Å². The second kappa shape index (κ2) is 10.3. The maximum atomic E-state index is 13.6. The lowest BCUT2D eigenvalue weighted by Gasteiger charge is -2.35. The van der Waals surface area contributed by atoms with Gasteiger partial charge in [0.2, 0.25) is 5.60 Å². The first-order valence-corrected chi connectivity index (χ1v) is 13.7. The van der Waals surface area contributed by atoms with E-state index in [4.69, 9.17) is 42.4 Å². The molecule has 0 saturated carbocycles. The third-order valence-electron chi connectivity index (χ3n) is 7.35. The Morgan fingerprint density at radius 3 is 2.75 bits per heavy atom. The maximum Gasteiger partial charge on any atom is 0.355 e. The number of ether oxygens (including phenoxy) is 3. The molecule has 0 spiro atoms. The van der Waals surface area contributed by atoms with Crippen LogP contribution in [0.3, 0.4) is 0 Å². The van der Waals surface area contributed by atoms with Gasteiger partial charge in [-0.05, 0) is 49.2 Å². The molecular weight excluding hydrogens is 555 g/mol. The van der Waals surface area contributed by atoms with E-state index in [1.807, 2.05) is 30.3 Å². The number of nitrogens with zero attached hydrogens (tertiary/aromatic N) is 2. The van der Waals surface area contributed by atoms with Crippen molar-refractivity contribution >= 4 is 46.0 Å². The number of pyridine rings is 2. The van der Waals surface area contributed by atoms with Crippen LogP contribution >= 0.6 is 23.2 Å². The predicted molar refractivity (Wildman–Crippen MR) is 150 cm³/mol. The summed E-state index contributed by atoms with van der Waals surface area (Å²) in [5, 5.41) is 1.83. The number of aromatic nitrogens is 2. The Labute approximate surface area is 239 Å². The highest BCUT2D eigenvalue weighted by molar-refractivity contribution is 6.35. The van der Waals surface area contributed by atoms with Crippen LogP contribution in [0.4, 0.5) is 0 Å². The molecule has 204 valence electrons. The lowest BCUT2D eigenvalue weighted by atomic mass is 9.85. The lowest BCUT2D eigenvalue weighted by Crippen LogP contribution is -2.47. The molecule has 0 amide bonds. The first-order chi connectivity index (χ1) is 19.3. The Balaban J connectivity index is 1.27. The number of carbonyl (C=O) groups is 2. The molecule has 8 nitrogen and oxygen atoms in total. The van der Waals surface area contributed by atoms with E-state index in [0.717, 1.165) is 16.5 Å². The zero-order valence-electron chi connectivity index (χ0n) is 21.5. The van der Waals surface area contributed by atoms with Gasteiger partial charge in [-0.25, -0.2) is 9.78 Å². The molecule has 0 saturated heterocycles. The van der Waals surface area contributed by atoms with Gasteiger partial charge in [0, 0.05) is 28.0 Å². The molecule has 1 atom stereocenters. The van der Waals surface area contributed by atoms with E-state index in [-0.39, 0.29) is 31.6 Å². The van der Waals surface area contributed by atoms with Crippen molar-refractivity contribution in [3.05, 3.63) is 91.7 Å². The molecule has 2 aromatic carbocycles. The number of para-hydroxylation sites is 1. The SMILES string of the molecule is CC[C@@]1(OC(=O)CCCOc2ccc(Cl)cc2Cl)C(=O)OCc2c1cc1n(c2=O)Cc2cc3ccccc3nc2-1. The van der Waals surface area contributed by atoms with E-state index >= 15 is 0 Å². The minimum atomic E-state index is -1.74. The molecule has 0 radical (unpaired) electrons. The summed E-state index contributed by atoms with van der Waals surface area (Å²) in [6, 6.07) is 16.4. The van der Waals surface area contributed by atoms with E-state index in [1.54, 1.807) is 35.8 Å². The number of fused-ring (bicyclic) bond motifs is 5. The topological polar surface area (TPSA) is 96.7 Å². The molecule has 0 bridgehead atoms. The fourth-order valence-electron chi connectivity index (χ4n) is 5.32. The van der Waals surface area contributed by atoms with Crippen LogP contribution in [0.25, 0.3) is 22.3 Å². The predicted octanol–water partition coefficient (Wildman–Crippen LogP) is 5.80. The van der Waals surface area contributed by atoms with E-state index in [0.29, 0.717) is 51.3 Å². The number of benzene rings is 2. The van der Waals surface area contributed by atoms with Crippen LogP contribution in [0.1, 0.15) is 42.9 Å². The van der Waals surface area contributed by atoms with Crippen molar-refractivity contribution in [3.8, 4) is 17.1 Å². The van der Waals surface area contributed by atoms with Crippen molar-refractivity contribution in [2.75, 3.05) is 6.61 Å². The highest BCUT2D eigenvalue weighted by Crippen LogP contribution is 2.41. The van der Waals surface area contributed by atoms with E-state index in [9.17, 15) is 14.4 Å². The molecule has 4 heterocycles. The fourth-order valence-corrected chi connectivity index (χ4v) is 5.78. The number of carbonyl (C=O) groups excluding carboxylic acids is 2. The molecule has 2 aliphatic heterocycles. The van der Waals surface area contributed by atoms with Gasteiger partial charge in [0.1, 0.15) is 12.4 Å². The van der Waals surface area contributed by atoms with Gasteiger partial charge in [-0.15, -0.1) is 0 Å². The van der Waals surface area contributed by atoms with Gasteiger partial charge in [0.25, 0.3) is 5.56 Å². The highest BCUT2D eigenvalue weighted by atomic mass is 35.5. The van der Waals surface area contributed by atoms with Gasteiger partial charge in [0.05, 0.1) is 40.6 Å². The van der Waals surface area contributed by atoms with E-state index in [1.165, 1.54) is 0 Å². The standard InChI is InChI=1S/C30H24Cl2N2O6/c1-2-30(40-26(35)8-5-11-38-25-10-9-19(31)13-22(25)32)21-14-24-27-18(12-17-6-3-4-7-23(17)33-27)15-34(24)28(36)20(21)16-39-29(30)37/h3-4,6-7,9-10,12-14H,2,5,8,11,15-16H2,1H3/t30-/m0/s1. The molecule has 6 rings (SSSR count). The van der Waals surface area contributed by atoms with Crippen LogP contribution in [-0.2, 0) is 37.8 Å². The Morgan fingerprint density at radius 2 is 1.95 bits per heavy atom. The van der Waals surface area contributed by atoms with Crippen LogP contribution in [-0.4, -0.2) is 28.1 Å². The third-order valence-corrected chi connectivity index (χ3v) is 7.88. The van der Waals surface area contributed by atoms with Crippen LogP contribution in [0.5, 0.6) is 5.75 Å². The summed E-state index contributed by atoms with van der Waals surface area (Å²) < 4.78 is 18.5. The summed E-state index contributed by atoms with van der Waals surface area (Å²) in [7, 11) is 0. The van der Waals surface area contributed by atoms with Gasteiger partial charge < -0.3 is 18.8 Å². The monoisotopic (exact) mass is 578 g/mol. The summed E-state index contributed by atoms with van der Waals surface area (Å²) in [5.41, 5.74) is 1.59. The number of cyclic esters (lactones) is 1. The third kappa shape index (κ3) is 4.41. The second-order valence-corrected chi connectivity index (χ2v) is 10.6. The van der Waals surface area contributed by atoms with E-state index < -0.39 is 17.5 Å². The molecule has 2 aromatic heterocycles. The Bertz CT molecular complexity index is 1750. The van der Waals surface area contributed by atoms with Crippen molar-refractivity contribution < 1.29 is 23.8 Å². The largest absolute Gasteiger partial charge is 0.492 e.